The van der Waals surface area contributed by atoms with Gasteiger partial charge in [0.1, 0.15) is 5.75 Å². The average Bonchev–Trinajstić information content (AvgIpc) is 2.75. The van der Waals surface area contributed by atoms with Crippen molar-refractivity contribution in [2.24, 2.45) is 0 Å². The van der Waals surface area contributed by atoms with Gasteiger partial charge in [-0.2, -0.15) is 0 Å². The molecular formula is C23H22N2O6S. The predicted molar refractivity (Wildman–Crippen MR) is 121 cm³/mol. The lowest BCUT2D eigenvalue weighted by Crippen LogP contribution is -2.26. The van der Waals surface area contributed by atoms with E-state index in [0.29, 0.717) is 5.69 Å². The molecule has 32 heavy (non-hydrogen) atoms. The summed E-state index contributed by atoms with van der Waals surface area (Å²) < 4.78 is 32.7. The van der Waals surface area contributed by atoms with E-state index in [1.165, 1.54) is 38.2 Å². The van der Waals surface area contributed by atoms with Gasteiger partial charge in [0.05, 0.1) is 15.5 Å². The van der Waals surface area contributed by atoms with Crippen molar-refractivity contribution >= 4 is 27.2 Å². The van der Waals surface area contributed by atoms with Crippen LogP contribution in [0.15, 0.2) is 65.6 Å². The first-order valence-electron chi connectivity index (χ1n) is 9.64. The van der Waals surface area contributed by atoms with Crippen LogP contribution in [0.3, 0.4) is 0 Å². The number of ketones is 1. The van der Waals surface area contributed by atoms with Crippen molar-refractivity contribution in [3.8, 4) is 11.5 Å². The fourth-order valence-electron chi connectivity index (χ4n) is 2.99. The second-order valence-corrected chi connectivity index (χ2v) is 9.28. The van der Waals surface area contributed by atoms with Crippen LogP contribution in [0.2, 0.25) is 0 Å². The Bertz CT molecular complexity index is 1300. The average molecular weight is 455 g/mol. The largest absolute Gasteiger partial charge is 0.450 e. The molecule has 0 spiro atoms. The van der Waals surface area contributed by atoms with E-state index in [1.807, 2.05) is 13.8 Å². The van der Waals surface area contributed by atoms with Crippen molar-refractivity contribution in [1.29, 1.82) is 0 Å². The molecule has 3 rings (SSSR count). The third-order valence-corrected chi connectivity index (χ3v) is 6.91. The summed E-state index contributed by atoms with van der Waals surface area (Å²) in [7, 11) is -2.31. The van der Waals surface area contributed by atoms with E-state index in [9.17, 15) is 23.3 Å². The van der Waals surface area contributed by atoms with Gasteiger partial charge in [0, 0.05) is 18.7 Å². The Morgan fingerprint density at radius 2 is 1.62 bits per heavy atom. The summed E-state index contributed by atoms with van der Waals surface area (Å²) in [5, 5.41) is 11.4. The first kappa shape index (κ1) is 23.0. The molecule has 3 aromatic rings. The zero-order chi connectivity index (χ0) is 23.6. The van der Waals surface area contributed by atoms with Crippen molar-refractivity contribution in [2.45, 2.75) is 25.7 Å². The molecular weight excluding hydrogens is 432 g/mol. The van der Waals surface area contributed by atoms with Gasteiger partial charge in [0.2, 0.25) is 5.75 Å². The molecule has 0 aromatic heterocycles. The molecule has 0 N–H and O–H groups in total. The molecule has 9 heteroatoms. The number of carbonyl (C=O) groups excluding carboxylic acids is 1. The van der Waals surface area contributed by atoms with E-state index in [0.717, 1.165) is 21.5 Å². The third-order valence-electron chi connectivity index (χ3n) is 5.13. The smallest absolute Gasteiger partial charge is 0.312 e. The van der Waals surface area contributed by atoms with Crippen LogP contribution in [0.4, 0.5) is 11.4 Å². The monoisotopic (exact) mass is 454 g/mol. The number of nitro benzene ring substituents is 1. The Hall–Kier alpha value is -3.72. The quantitative estimate of drug-likeness (QED) is 0.281. The fraction of sp³-hybridized carbons (Fsp3) is 0.174. The number of nitro groups is 1. The van der Waals surface area contributed by atoms with Gasteiger partial charge in [-0.3, -0.25) is 19.2 Å². The number of anilines is 1. The number of Topliss-reactive ketones (excluding diaryl/α,β-unsaturated/α-hetero) is 1. The molecule has 0 atom stereocenters. The maximum atomic E-state index is 13.0. The summed E-state index contributed by atoms with van der Waals surface area (Å²) >= 11 is 0. The Morgan fingerprint density at radius 1 is 0.969 bits per heavy atom. The zero-order valence-corrected chi connectivity index (χ0v) is 18.8. The van der Waals surface area contributed by atoms with Crippen LogP contribution < -0.4 is 9.04 Å². The lowest BCUT2D eigenvalue weighted by atomic mass is 10.1. The van der Waals surface area contributed by atoms with E-state index < -0.39 is 14.9 Å². The minimum Gasteiger partial charge on any atom is -0.450 e. The third kappa shape index (κ3) is 4.62. The molecule has 0 unspecified atom stereocenters. The molecule has 0 aliphatic heterocycles. The Labute approximate surface area is 186 Å². The van der Waals surface area contributed by atoms with Gasteiger partial charge in [-0.1, -0.05) is 6.07 Å². The molecule has 0 amide bonds. The van der Waals surface area contributed by atoms with E-state index >= 15 is 0 Å². The lowest BCUT2D eigenvalue weighted by molar-refractivity contribution is -0.385. The van der Waals surface area contributed by atoms with Gasteiger partial charge < -0.3 is 4.74 Å². The van der Waals surface area contributed by atoms with Gasteiger partial charge in [-0.15, -0.1) is 0 Å². The lowest BCUT2D eigenvalue weighted by Gasteiger charge is -2.20. The van der Waals surface area contributed by atoms with Gasteiger partial charge in [0.15, 0.2) is 5.78 Å². The van der Waals surface area contributed by atoms with Gasteiger partial charge in [-0.05, 0) is 80.4 Å². The maximum absolute atomic E-state index is 13.0. The first-order chi connectivity index (χ1) is 15.0. The van der Waals surface area contributed by atoms with Crippen molar-refractivity contribution in [3.05, 3.63) is 87.5 Å². The summed E-state index contributed by atoms with van der Waals surface area (Å²) in [4.78, 5) is 22.4. The number of aryl methyl sites for hydroxylation is 2. The summed E-state index contributed by atoms with van der Waals surface area (Å²) in [6.07, 6.45) is 0. The highest BCUT2D eigenvalue weighted by Gasteiger charge is 2.22. The molecule has 8 nitrogen and oxygen atoms in total. The Balaban J connectivity index is 1.86. The van der Waals surface area contributed by atoms with Crippen LogP contribution in [-0.2, 0) is 10.0 Å². The fourth-order valence-corrected chi connectivity index (χ4v) is 4.27. The molecule has 0 saturated heterocycles. The topological polar surface area (TPSA) is 107 Å². The van der Waals surface area contributed by atoms with Crippen LogP contribution in [0.1, 0.15) is 28.4 Å². The van der Waals surface area contributed by atoms with Gasteiger partial charge in [-0.25, -0.2) is 8.42 Å². The molecule has 0 fully saturated rings. The normalized spacial score (nSPS) is 11.1. The summed E-state index contributed by atoms with van der Waals surface area (Å²) in [5.74, 6) is -0.0368. The SMILES string of the molecule is CC(=O)c1ccc(Oc2ccc(N(C)S(=O)(=O)c3ccc(C)c(C)c3)cc2)c([N+](=O)[O-])c1. The predicted octanol–water partition coefficient (Wildman–Crippen LogP) is 5.03. The number of carbonyl (C=O) groups is 1. The number of benzene rings is 3. The highest BCUT2D eigenvalue weighted by molar-refractivity contribution is 7.92. The number of rotatable bonds is 7. The molecule has 0 heterocycles. The van der Waals surface area contributed by atoms with Crippen molar-refractivity contribution in [3.63, 3.8) is 0 Å². The maximum Gasteiger partial charge on any atom is 0.312 e. The second-order valence-electron chi connectivity index (χ2n) is 7.31. The van der Waals surface area contributed by atoms with Crippen molar-refractivity contribution in [2.75, 3.05) is 11.4 Å². The highest BCUT2D eigenvalue weighted by Crippen LogP contribution is 2.33. The summed E-state index contributed by atoms with van der Waals surface area (Å²) in [6, 6.07) is 15.1. The molecule has 0 saturated carbocycles. The summed E-state index contributed by atoms with van der Waals surface area (Å²) in [5.41, 5.74) is 2.14. The highest BCUT2D eigenvalue weighted by atomic mass is 32.2. The second kappa shape index (κ2) is 8.80. The van der Waals surface area contributed by atoms with Crippen LogP contribution in [0, 0.1) is 24.0 Å². The van der Waals surface area contributed by atoms with Crippen molar-refractivity contribution < 1.29 is 22.9 Å². The van der Waals surface area contributed by atoms with Gasteiger partial charge >= 0.3 is 5.69 Å². The number of hydrogen-bond acceptors (Lipinski definition) is 6. The standard InChI is InChI=1S/C23H22N2O6S/c1-15-5-11-21(13-16(15)2)32(29,30)24(4)19-7-9-20(10-8-19)31-23-12-6-18(17(3)26)14-22(23)25(27)28/h5-14H,1-4H3. The Kier molecular flexibility index (Phi) is 6.31. The molecule has 166 valence electrons. The van der Waals surface area contributed by atoms with Crippen LogP contribution in [0.25, 0.3) is 0 Å². The number of sulfonamides is 1. The number of ether oxygens (including phenoxy) is 1. The minimum atomic E-state index is -3.76. The van der Waals surface area contributed by atoms with E-state index in [4.69, 9.17) is 4.74 Å². The van der Waals surface area contributed by atoms with Crippen LogP contribution >= 0.6 is 0 Å². The van der Waals surface area contributed by atoms with E-state index in [1.54, 1.807) is 30.3 Å². The molecule has 0 bridgehead atoms. The molecule has 3 aromatic carbocycles. The first-order valence-corrected chi connectivity index (χ1v) is 11.1. The molecule has 0 aliphatic carbocycles. The minimum absolute atomic E-state index is 0.0242. The van der Waals surface area contributed by atoms with Crippen molar-refractivity contribution in [1.82, 2.24) is 0 Å². The van der Waals surface area contributed by atoms with E-state index in [2.05, 4.69) is 0 Å². The zero-order valence-electron chi connectivity index (χ0n) is 18.0. The molecule has 0 aliphatic rings. The Morgan fingerprint density at radius 3 is 2.19 bits per heavy atom. The van der Waals surface area contributed by atoms with Crippen LogP contribution in [0.5, 0.6) is 11.5 Å². The van der Waals surface area contributed by atoms with Gasteiger partial charge in [0.25, 0.3) is 10.0 Å². The number of hydrogen-bond donors (Lipinski definition) is 0. The summed E-state index contributed by atoms with van der Waals surface area (Å²) in [6.45, 7) is 5.08. The number of nitrogens with zero attached hydrogens (tertiary/aromatic N) is 2. The molecule has 0 radical (unpaired) electrons. The van der Waals surface area contributed by atoms with Crippen LogP contribution in [-0.4, -0.2) is 26.2 Å². The van der Waals surface area contributed by atoms with E-state index in [-0.39, 0.29) is 33.4 Å².